The standard InChI is InChI=1S/C23H36FNO4Si/c1-14(2)30(15(3)4,16(5)6)29-20-19(17-12-10-11-13-18(17)24)25(21(20)26)22(27)28-23(7,8)9/h10-16,19-20H,1-9H3/t19-,20+/m0/s1. The minimum atomic E-state index is -2.43. The Balaban J connectivity index is 2.49. The average Bonchev–Trinajstić information content (AvgIpc) is 2.58. The topological polar surface area (TPSA) is 55.8 Å². The Morgan fingerprint density at radius 1 is 1.03 bits per heavy atom. The fraction of sp³-hybridized carbons (Fsp3) is 0.652. The van der Waals surface area contributed by atoms with E-state index in [0.29, 0.717) is 0 Å². The van der Waals surface area contributed by atoms with Gasteiger partial charge in [0.1, 0.15) is 17.5 Å². The zero-order valence-corrected chi connectivity index (χ0v) is 20.7. The van der Waals surface area contributed by atoms with Gasteiger partial charge < -0.3 is 9.16 Å². The molecule has 30 heavy (non-hydrogen) atoms. The van der Waals surface area contributed by atoms with Gasteiger partial charge in [-0.3, -0.25) is 4.79 Å². The van der Waals surface area contributed by atoms with Crippen LogP contribution in [-0.4, -0.2) is 36.9 Å². The van der Waals surface area contributed by atoms with Gasteiger partial charge in [-0.05, 0) is 43.5 Å². The van der Waals surface area contributed by atoms with Crippen LogP contribution in [0.5, 0.6) is 0 Å². The summed E-state index contributed by atoms with van der Waals surface area (Å²) >= 11 is 0. The molecule has 1 heterocycles. The van der Waals surface area contributed by atoms with E-state index in [2.05, 4.69) is 41.5 Å². The van der Waals surface area contributed by atoms with E-state index in [-0.39, 0.29) is 22.2 Å². The van der Waals surface area contributed by atoms with Gasteiger partial charge in [-0.25, -0.2) is 14.1 Å². The molecule has 0 bridgehead atoms. The molecule has 7 heteroatoms. The molecule has 1 fully saturated rings. The number of rotatable bonds is 6. The summed E-state index contributed by atoms with van der Waals surface area (Å²) in [5.74, 6) is -0.931. The number of nitrogens with zero attached hydrogens (tertiary/aromatic N) is 1. The molecular formula is C23H36FNO4Si. The van der Waals surface area contributed by atoms with Crippen LogP contribution >= 0.6 is 0 Å². The molecule has 0 unspecified atom stereocenters. The second-order valence-corrected chi connectivity index (χ2v) is 15.4. The second-order valence-electron chi connectivity index (χ2n) is 10.0. The zero-order chi connectivity index (χ0) is 23.0. The minimum Gasteiger partial charge on any atom is -0.443 e. The Bertz CT molecular complexity index is 766. The Morgan fingerprint density at radius 3 is 1.97 bits per heavy atom. The van der Waals surface area contributed by atoms with Crippen LogP contribution in [-0.2, 0) is 14.0 Å². The molecule has 2 atom stereocenters. The summed E-state index contributed by atoms with van der Waals surface area (Å²) in [5, 5.41) is 0. The summed E-state index contributed by atoms with van der Waals surface area (Å²) in [6, 6.07) is 5.38. The molecule has 0 N–H and O–H groups in total. The summed E-state index contributed by atoms with van der Waals surface area (Å²) in [7, 11) is -2.43. The molecule has 1 aliphatic heterocycles. The van der Waals surface area contributed by atoms with Crippen molar-refractivity contribution >= 4 is 20.3 Å². The number of amides is 2. The van der Waals surface area contributed by atoms with Crippen LogP contribution in [0, 0.1) is 5.82 Å². The van der Waals surface area contributed by atoms with Gasteiger partial charge in [-0.1, -0.05) is 59.7 Å². The molecule has 1 aromatic rings. The first kappa shape index (κ1) is 24.5. The summed E-state index contributed by atoms with van der Waals surface area (Å²) in [6.45, 7) is 17.9. The van der Waals surface area contributed by atoms with Crippen LogP contribution in [0.15, 0.2) is 24.3 Å². The first-order valence-corrected chi connectivity index (χ1v) is 12.9. The van der Waals surface area contributed by atoms with Gasteiger partial charge in [0.2, 0.25) is 8.32 Å². The van der Waals surface area contributed by atoms with E-state index in [9.17, 15) is 14.0 Å². The Hall–Kier alpha value is -1.73. The van der Waals surface area contributed by atoms with Crippen molar-refractivity contribution in [1.29, 1.82) is 0 Å². The Kier molecular flexibility index (Phi) is 7.19. The van der Waals surface area contributed by atoms with Gasteiger partial charge in [0, 0.05) is 5.56 Å². The summed E-state index contributed by atoms with van der Waals surface area (Å²) in [4.78, 5) is 26.9. The molecule has 1 saturated heterocycles. The minimum absolute atomic E-state index is 0.252. The van der Waals surface area contributed by atoms with Crippen molar-refractivity contribution in [1.82, 2.24) is 4.90 Å². The first-order chi connectivity index (χ1) is 13.7. The van der Waals surface area contributed by atoms with Gasteiger partial charge in [0.15, 0.2) is 6.10 Å². The van der Waals surface area contributed by atoms with Gasteiger partial charge in [0.25, 0.3) is 5.91 Å². The van der Waals surface area contributed by atoms with Gasteiger partial charge in [0.05, 0.1) is 0 Å². The number of β-lactam (4-membered cyclic amide) rings is 1. The maximum absolute atomic E-state index is 14.7. The lowest BCUT2D eigenvalue weighted by Crippen LogP contribution is -2.66. The largest absolute Gasteiger partial charge is 0.443 e. The normalized spacial score (nSPS) is 20.2. The van der Waals surface area contributed by atoms with E-state index in [4.69, 9.17) is 9.16 Å². The highest BCUT2D eigenvalue weighted by molar-refractivity contribution is 6.77. The third-order valence-electron chi connectivity index (χ3n) is 5.90. The van der Waals surface area contributed by atoms with Crippen molar-refractivity contribution in [2.75, 3.05) is 0 Å². The van der Waals surface area contributed by atoms with E-state index in [1.165, 1.54) is 6.07 Å². The number of benzene rings is 1. The van der Waals surface area contributed by atoms with E-state index in [1.54, 1.807) is 39.0 Å². The third kappa shape index (κ3) is 4.47. The summed E-state index contributed by atoms with van der Waals surface area (Å²) in [6.07, 6.45) is -1.67. The lowest BCUT2D eigenvalue weighted by Gasteiger charge is -2.52. The predicted octanol–water partition coefficient (Wildman–Crippen LogP) is 6.20. The number of hydrogen-bond donors (Lipinski definition) is 0. The maximum Gasteiger partial charge on any atom is 0.417 e. The second kappa shape index (κ2) is 8.79. The zero-order valence-electron chi connectivity index (χ0n) is 19.7. The van der Waals surface area contributed by atoms with Gasteiger partial charge in [-0.2, -0.15) is 0 Å². The van der Waals surface area contributed by atoms with Crippen molar-refractivity contribution in [2.45, 2.75) is 96.7 Å². The van der Waals surface area contributed by atoms with Gasteiger partial charge >= 0.3 is 6.09 Å². The molecule has 1 aromatic carbocycles. The number of likely N-dealkylation sites (tertiary alicyclic amines) is 1. The van der Waals surface area contributed by atoms with Crippen molar-refractivity contribution in [3.63, 3.8) is 0 Å². The molecule has 168 valence electrons. The average molecular weight is 438 g/mol. The monoisotopic (exact) mass is 437 g/mol. The summed E-state index contributed by atoms with van der Waals surface area (Å²) < 4.78 is 26.8. The number of hydrogen-bond acceptors (Lipinski definition) is 4. The quantitative estimate of drug-likeness (QED) is 0.392. The van der Waals surface area contributed by atoms with Crippen LogP contribution in [0.25, 0.3) is 0 Å². The molecule has 0 saturated carbocycles. The highest BCUT2D eigenvalue weighted by Crippen LogP contribution is 2.48. The molecule has 0 aliphatic carbocycles. The third-order valence-corrected chi connectivity index (χ3v) is 12.0. The van der Waals surface area contributed by atoms with Crippen LogP contribution in [0.1, 0.15) is 73.9 Å². The van der Waals surface area contributed by atoms with Crippen LogP contribution < -0.4 is 0 Å². The summed E-state index contributed by atoms with van der Waals surface area (Å²) in [5.41, 5.74) is 0.258. The molecule has 2 amide bonds. The number of carbonyl (C=O) groups is 2. The highest BCUT2D eigenvalue weighted by Gasteiger charge is 2.59. The van der Waals surface area contributed by atoms with E-state index in [0.717, 1.165) is 4.90 Å². The molecule has 0 aromatic heterocycles. The Labute approximate surface area is 181 Å². The van der Waals surface area contributed by atoms with E-state index >= 15 is 0 Å². The molecule has 0 spiro atoms. The first-order valence-electron chi connectivity index (χ1n) is 10.7. The lowest BCUT2D eigenvalue weighted by atomic mass is 9.91. The smallest absolute Gasteiger partial charge is 0.417 e. The Morgan fingerprint density at radius 2 is 1.53 bits per heavy atom. The maximum atomic E-state index is 14.7. The number of halogens is 1. The van der Waals surface area contributed by atoms with Crippen molar-refractivity contribution in [3.8, 4) is 0 Å². The van der Waals surface area contributed by atoms with E-state index < -0.39 is 43.9 Å². The van der Waals surface area contributed by atoms with Crippen LogP contribution in [0.2, 0.25) is 16.6 Å². The van der Waals surface area contributed by atoms with E-state index in [1.807, 2.05) is 0 Å². The number of ether oxygens (including phenoxy) is 1. The number of carbonyl (C=O) groups excluding carboxylic acids is 2. The lowest BCUT2D eigenvalue weighted by molar-refractivity contribution is -0.162. The fourth-order valence-corrected chi connectivity index (χ4v) is 10.2. The van der Waals surface area contributed by atoms with Crippen molar-refractivity contribution < 1.29 is 23.1 Å². The molecular weight excluding hydrogens is 401 g/mol. The van der Waals surface area contributed by atoms with Gasteiger partial charge in [-0.15, -0.1) is 0 Å². The number of imide groups is 1. The molecule has 2 rings (SSSR count). The molecule has 0 radical (unpaired) electrons. The molecule has 1 aliphatic rings. The van der Waals surface area contributed by atoms with Crippen LogP contribution in [0.3, 0.4) is 0 Å². The molecule has 5 nitrogen and oxygen atoms in total. The fourth-order valence-electron chi connectivity index (χ4n) is 4.74. The van der Waals surface area contributed by atoms with Crippen molar-refractivity contribution in [3.05, 3.63) is 35.6 Å². The highest BCUT2D eigenvalue weighted by atomic mass is 28.4. The SMILES string of the molecule is CC(C)[Si](O[C@H]1C(=O)N(C(=O)OC(C)(C)C)[C@H]1c1ccccc1F)(C(C)C)C(C)C. The predicted molar refractivity (Wildman–Crippen MR) is 118 cm³/mol. The van der Waals surface area contributed by atoms with Crippen LogP contribution in [0.4, 0.5) is 9.18 Å². The van der Waals surface area contributed by atoms with Crippen molar-refractivity contribution in [2.24, 2.45) is 0 Å².